The summed E-state index contributed by atoms with van der Waals surface area (Å²) in [6.45, 7) is 6.91. The van der Waals surface area contributed by atoms with Crippen LogP contribution in [0.15, 0.2) is 36.0 Å². The molecule has 0 saturated carbocycles. The number of hydrogen-bond acceptors (Lipinski definition) is 11. The van der Waals surface area contributed by atoms with Crippen LogP contribution in [0.5, 0.6) is 34.5 Å². The summed E-state index contributed by atoms with van der Waals surface area (Å²) in [6.07, 6.45) is 0.724. The molecule has 0 aromatic heterocycles. The van der Waals surface area contributed by atoms with E-state index in [2.05, 4.69) is 0 Å². The number of carbonyl (C=O) groups is 3. The van der Waals surface area contributed by atoms with Crippen molar-refractivity contribution in [1.82, 2.24) is 9.80 Å². The van der Waals surface area contributed by atoms with Gasteiger partial charge in [0.1, 0.15) is 36.2 Å². The molecule has 52 heavy (non-hydrogen) atoms. The quantitative estimate of drug-likeness (QED) is 0.230. The van der Waals surface area contributed by atoms with Gasteiger partial charge in [-0.05, 0) is 45.9 Å². The molecule has 276 valence electrons. The van der Waals surface area contributed by atoms with Crippen LogP contribution < -0.4 is 28.4 Å². The van der Waals surface area contributed by atoms with Crippen LogP contribution in [0.1, 0.15) is 69.7 Å². The van der Waals surface area contributed by atoms with Crippen LogP contribution in [0.4, 0.5) is 4.79 Å². The topological polar surface area (TPSA) is 132 Å². The minimum absolute atomic E-state index is 0.0765. The zero-order valence-corrected chi connectivity index (χ0v) is 31.1. The van der Waals surface area contributed by atoms with Gasteiger partial charge < -0.3 is 42.8 Å². The summed E-state index contributed by atoms with van der Waals surface area (Å²) < 4.78 is 47.5. The molecule has 0 radical (unpaired) electrons. The van der Waals surface area contributed by atoms with Gasteiger partial charge in [0, 0.05) is 45.5 Å². The third kappa shape index (κ3) is 5.49. The molecular weight excluding hydrogens is 672 g/mol. The van der Waals surface area contributed by atoms with Gasteiger partial charge in [-0.1, -0.05) is 18.2 Å². The van der Waals surface area contributed by atoms with Gasteiger partial charge in [-0.25, -0.2) is 9.59 Å². The maximum atomic E-state index is 15.1. The maximum Gasteiger partial charge on any atom is 0.411 e. The first-order valence-electron chi connectivity index (χ1n) is 16.9. The Labute approximate surface area is 302 Å². The molecule has 0 N–H and O–H groups in total. The van der Waals surface area contributed by atoms with Crippen molar-refractivity contribution in [3.8, 4) is 34.5 Å². The number of carbonyl (C=O) groups excluding carboxylic acids is 3. The fourth-order valence-corrected chi connectivity index (χ4v) is 7.88. The average molecular weight is 717 g/mol. The van der Waals surface area contributed by atoms with Crippen LogP contribution in [0.25, 0.3) is 6.08 Å². The molecule has 3 aromatic rings. The molecule has 1 saturated heterocycles. The normalized spacial score (nSPS) is 18.4. The second-order valence-corrected chi connectivity index (χ2v) is 12.9. The lowest BCUT2D eigenvalue weighted by atomic mass is 9.77. The third-order valence-electron chi connectivity index (χ3n) is 9.85. The lowest BCUT2D eigenvalue weighted by Gasteiger charge is -2.54. The van der Waals surface area contributed by atoms with E-state index in [0.717, 1.165) is 0 Å². The Balaban J connectivity index is 1.69. The lowest BCUT2D eigenvalue weighted by molar-refractivity contribution is -0.144. The largest absolute Gasteiger partial charge is 0.496 e. The molecule has 0 unspecified atom stereocenters. The molecule has 1 fully saturated rings. The molecular formula is C39H44N2O11. The summed E-state index contributed by atoms with van der Waals surface area (Å²) in [6, 6.07) is 5.65. The smallest absolute Gasteiger partial charge is 0.411 e. The average Bonchev–Trinajstić information content (AvgIpc) is 3.14. The zero-order valence-electron chi connectivity index (χ0n) is 31.1. The van der Waals surface area contributed by atoms with E-state index in [0.29, 0.717) is 79.1 Å². The molecule has 3 aliphatic rings. The number of hydrogen-bond donors (Lipinski definition) is 0. The Hall–Kier alpha value is -5.59. The van der Waals surface area contributed by atoms with Gasteiger partial charge in [0.2, 0.25) is 0 Å². The SMILES string of the molecule is COc1c(C)c(OC)c(OC)c2c1C=C1[C@H]3c4c(c(OC)c(C)c(OC)c4OC)C[C@@H](C(=O)N1[C@H]2COC(=O)c1ccccc1)N3C(=O)OC(C)C. The molecule has 3 aliphatic heterocycles. The first-order valence-corrected chi connectivity index (χ1v) is 16.9. The summed E-state index contributed by atoms with van der Waals surface area (Å²) in [5.41, 5.74) is 4.41. The minimum atomic E-state index is -1.04. The van der Waals surface area contributed by atoms with Crippen LogP contribution in [0, 0.1) is 13.8 Å². The highest BCUT2D eigenvalue weighted by Gasteiger charge is 2.57. The first-order chi connectivity index (χ1) is 25.0. The second-order valence-electron chi connectivity index (χ2n) is 12.9. The van der Waals surface area contributed by atoms with E-state index in [9.17, 15) is 9.59 Å². The van der Waals surface area contributed by atoms with Gasteiger partial charge >= 0.3 is 12.1 Å². The van der Waals surface area contributed by atoms with Crippen molar-refractivity contribution in [1.29, 1.82) is 0 Å². The van der Waals surface area contributed by atoms with Crippen LogP contribution in [-0.2, 0) is 20.7 Å². The monoisotopic (exact) mass is 716 g/mol. The van der Waals surface area contributed by atoms with E-state index >= 15 is 4.79 Å². The van der Waals surface area contributed by atoms with Gasteiger partial charge in [0.15, 0.2) is 23.0 Å². The number of amides is 2. The zero-order chi connectivity index (χ0) is 37.6. The van der Waals surface area contributed by atoms with Crippen LogP contribution >= 0.6 is 0 Å². The van der Waals surface area contributed by atoms with E-state index in [1.807, 2.05) is 13.8 Å². The van der Waals surface area contributed by atoms with E-state index in [1.165, 1.54) is 40.4 Å². The first kappa shape index (κ1) is 36.2. The highest BCUT2D eigenvalue weighted by molar-refractivity contribution is 5.95. The predicted molar refractivity (Wildman–Crippen MR) is 190 cm³/mol. The Kier molecular flexibility index (Phi) is 9.89. The molecule has 13 heteroatoms. The molecule has 3 heterocycles. The maximum absolute atomic E-state index is 15.1. The second kappa shape index (κ2) is 14.2. The van der Waals surface area contributed by atoms with Gasteiger partial charge in [-0.2, -0.15) is 0 Å². The van der Waals surface area contributed by atoms with Crippen LogP contribution in [0.3, 0.4) is 0 Å². The molecule has 13 nitrogen and oxygen atoms in total. The standard InChI is InChI=1S/C39H44N2O11/c1-19(2)52-39(44)41-26-17-24-29(36(50-10)34(48-8)21(4)32(24)46-6)30(41)25-16-23-28(35(49-9)33(47-7)20(3)31(23)45-5)27(40(25)37(26)42)18-51-38(43)22-14-12-11-13-15-22/h11-16,19,26-27,30H,17-18H2,1-10H3/t26-,27-,30-/m0/s1. The number of ether oxygens (including phenoxy) is 8. The summed E-state index contributed by atoms with van der Waals surface area (Å²) >= 11 is 0. The Morgan fingerprint density at radius 1 is 0.769 bits per heavy atom. The summed E-state index contributed by atoms with van der Waals surface area (Å²) in [4.78, 5) is 45.8. The summed E-state index contributed by atoms with van der Waals surface area (Å²) in [5, 5.41) is 0. The van der Waals surface area contributed by atoms with E-state index in [-0.39, 0.29) is 13.0 Å². The molecule has 3 atom stereocenters. The number of nitrogens with zero attached hydrogens (tertiary/aromatic N) is 2. The fourth-order valence-electron chi connectivity index (χ4n) is 7.88. The Morgan fingerprint density at radius 3 is 1.88 bits per heavy atom. The van der Waals surface area contributed by atoms with Gasteiger partial charge in [0.05, 0.1) is 54.3 Å². The predicted octanol–water partition coefficient (Wildman–Crippen LogP) is 5.96. The van der Waals surface area contributed by atoms with Crippen molar-refractivity contribution in [3.05, 3.63) is 75.0 Å². The third-order valence-corrected chi connectivity index (χ3v) is 9.85. The number of benzene rings is 3. The number of fused-ring (bicyclic) bond motifs is 7. The van der Waals surface area contributed by atoms with Crippen molar-refractivity contribution in [2.24, 2.45) is 0 Å². The highest BCUT2D eigenvalue weighted by Crippen LogP contribution is 2.59. The molecule has 3 aromatic carbocycles. The van der Waals surface area contributed by atoms with Crippen molar-refractivity contribution in [2.45, 2.75) is 58.3 Å². The van der Waals surface area contributed by atoms with Crippen LogP contribution in [-0.4, -0.2) is 89.2 Å². The van der Waals surface area contributed by atoms with Gasteiger partial charge in [0.25, 0.3) is 5.91 Å². The molecule has 0 spiro atoms. The van der Waals surface area contributed by atoms with Crippen molar-refractivity contribution < 1.29 is 52.3 Å². The van der Waals surface area contributed by atoms with E-state index in [4.69, 9.17) is 37.9 Å². The van der Waals surface area contributed by atoms with Crippen LogP contribution in [0.2, 0.25) is 0 Å². The summed E-state index contributed by atoms with van der Waals surface area (Å²) in [5.74, 6) is 1.52. The summed E-state index contributed by atoms with van der Waals surface area (Å²) in [7, 11) is 9.18. The molecule has 2 bridgehead atoms. The highest BCUT2D eigenvalue weighted by atomic mass is 16.6. The van der Waals surface area contributed by atoms with Gasteiger partial charge in [-0.3, -0.25) is 9.69 Å². The van der Waals surface area contributed by atoms with Crippen molar-refractivity contribution >= 4 is 24.0 Å². The Morgan fingerprint density at radius 2 is 1.33 bits per heavy atom. The van der Waals surface area contributed by atoms with E-state index < -0.39 is 42.2 Å². The fraction of sp³-hybridized carbons (Fsp3) is 0.410. The molecule has 0 aliphatic carbocycles. The minimum Gasteiger partial charge on any atom is -0.496 e. The number of rotatable bonds is 10. The number of piperazine rings is 1. The lowest BCUT2D eigenvalue weighted by Crippen LogP contribution is -2.63. The molecule has 2 amide bonds. The Bertz CT molecular complexity index is 1960. The molecule has 6 rings (SSSR count). The van der Waals surface area contributed by atoms with Gasteiger partial charge in [-0.15, -0.1) is 0 Å². The van der Waals surface area contributed by atoms with Crippen molar-refractivity contribution in [2.75, 3.05) is 49.3 Å². The number of esters is 1. The number of methoxy groups -OCH3 is 6. The van der Waals surface area contributed by atoms with Crippen molar-refractivity contribution in [3.63, 3.8) is 0 Å². The van der Waals surface area contributed by atoms with E-state index in [1.54, 1.807) is 62.3 Å².